The third-order valence-corrected chi connectivity index (χ3v) is 6.22. The van der Waals surface area contributed by atoms with Crippen LogP contribution in [-0.4, -0.2) is 63.4 Å². The van der Waals surface area contributed by atoms with Crippen LogP contribution in [0.5, 0.6) is 5.75 Å². The number of hydrogen-bond acceptors (Lipinski definition) is 8. The highest BCUT2D eigenvalue weighted by molar-refractivity contribution is 7.99. The molecular formula is C19H22N6O3S2. The molecule has 2 aromatic heterocycles. The number of anilines is 1. The number of nitrogens with zero attached hydrogens (tertiary/aromatic N) is 5. The molecule has 0 unspecified atom stereocenters. The monoisotopic (exact) mass is 446 g/mol. The van der Waals surface area contributed by atoms with Crippen molar-refractivity contribution in [2.45, 2.75) is 12.1 Å². The minimum atomic E-state index is -0.233. The van der Waals surface area contributed by atoms with Crippen LogP contribution in [0.15, 0.2) is 29.4 Å². The van der Waals surface area contributed by atoms with Crippen LogP contribution in [0.4, 0.5) is 5.13 Å². The molecule has 0 radical (unpaired) electrons. The number of thioether (sulfide) groups is 1. The van der Waals surface area contributed by atoms with Crippen molar-refractivity contribution < 1.29 is 14.3 Å². The van der Waals surface area contributed by atoms with Gasteiger partial charge < -0.3 is 19.5 Å². The minimum Gasteiger partial charge on any atom is -0.497 e. The van der Waals surface area contributed by atoms with Crippen molar-refractivity contribution in [3.63, 3.8) is 0 Å². The van der Waals surface area contributed by atoms with E-state index in [2.05, 4.69) is 20.5 Å². The van der Waals surface area contributed by atoms with E-state index in [4.69, 9.17) is 4.74 Å². The van der Waals surface area contributed by atoms with Gasteiger partial charge in [0, 0.05) is 26.7 Å². The molecule has 2 heterocycles. The van der Waals surface area contributed by atoms with E-state index in [-0.39, 0.29) is 17.6 Å². The number of thiazole rings is 1. The number of carbonyl (C=O) groups is 2. The minimum absolute atomic E-state index is 0.135. The van der Waals surface area contributed by atoms with Crippen molar-refractivity contribution in [2.24, 2.45) is 7.05 Å². The number of carbonyl (C=O) groups excluding carboxylic acids is 2. The topological polar surface area (TPSA) is 102 Å². The van der Waals surface area contributed by atoms with Crippen molar-refractivity contribution >= 4 is 40.0 Å². The van der Waals surface area contributed by atoms with E-state index in [1.807, 2.05) is 35.9 Å². The van der Waals surface area contributed by atoms with Crippen LogP contribution < -0.4 is 10.1 Å². The zero-order valence-corrected chi connectivity index (χ0v) is 18.9. The van der Waals surface area contributed by atoms with Crippen LogP contribution in [0.1, 0.15) is 15.4 Å². The lowest BCUT2D eigenvalue weighted by Gasteiger charge is -2.07. The maximum absolute atomic E-state index is 12.3. The normalized spacial score (nSPS) is 10.7. The molecule has 158 valence electrons. The molecule has 1 aromatic carbocycles. The number of nitrogens with one attached hydrogen (secondary N) is 1. The highest BCUT2D eigenvalue weighted by Crippen LogP contribution is 2.26. The average Bonchev–Trinajstić information content (AvgIpc) is 3.27. The highest BCUT2D eigenvalue weighted by Gasteiger charge is 2.19. The van der Waals surface area contributed by atoms with E-state index >= 15 is 0 Å². The third-order valence-electron chi connectivity index (χ3n) is 4.14. The average molecular weight is 447 g/mol. The Hall–Kier alpha value is -2.92. The van der Waals surface area contributed by atoms with Crippen LogP contribution in [0.2, 0.25) is 0 Å². The van der Waals surface area contributed by atoms with Gasteiger partial charge in [-0.1, -0.05) is 35.2 Å². The largest absolute Gasteiger partial charge is 0.497 e. The van der Waals surface area contributed by atoms with Gasteiger partial charge in [0.2, 0.25) is 5.91 Å². The first kappa shape index (κ1) is 21.8. The number of methoxy groups -OCH3 is 1. The van der Waals surface area contributed by atoms with Gasteiger partial charge >= 0.3 is 0 Å². The second-order valence-electron chi connectivity index (χ2n) is 6.57. The Morgan fingerprint density at radius 1 is 1.30 bits per heavy atom. The van der Waals surface area contributed by atoms with Crippen LogP contribution in [-0.2, 0) is 11.8 Å². The van der Waals surface area contributed by atoms with Crippen molar-refractivity contribution in [1.82, 2.24) is 24.6 Å². The molecule has 3 rings (SSSR count). The number of aromatic nitrogens is 4. The van der Waals surface area contributed by atoms with Crippen LogP contribution in [0.3, 0.4) is 0 Å². The summed E-state index contributed by atoms with van der Waals surface area (Å²) in [6, 6.07) is 7.54. The molecular weight excluding hydrogens is 424 g/mol. The quantitative estimate of drug-likeness (QED) is 0.557. The van der Waals surface area contributed by atoms with Gasteiger partial charge in [-0.15, -0.1) is 10.2 Å². The van der Waals surface area contributed by atoms with Crippen LogP contribution in [0.25, 0.3) is 11.4 Å². The zero-order valence-electron chi connectivity index (χ0n) is 17.3. The SMILES string of the molecule is COc1cccc(-c2nnc(SCC(=O)Nc3nc(C)c(C(=O)N(C)C)s3)n2C)c1. The molecule has 0 spiro atoms. The molecule has 0 aliphatic heterocycles. The lowest BCUT2D eigenvalue weighted by Crippen LogP contribution is -2.21. The van der Waals surface area contributed by atoms with Gasteiger partial charge in [0.1, 0.15) is 10.6 Å². The Morgan fingerprint density at radius 3 is 2.77 bits per heavy atom. The molecule has 0 aliphatic rings. The first-order valence-corrected chi connectivity index (χ1v) is 10.8. The molecule has 30 heavy (non-hydrogen) atoms. The van der Waals surface area contributed by atoms with Crippen molar-refractivity contribution in [3.8, 4) is 17.1 Å². The lowest BCUT2D eigenvalue weighted by molar-refractivity contribution is -0.113. The Morgan fingerprint density at radius 2 is 2.07 bits per heavy atom. The van der Waals surface area contributed by atoms with Gasteiger partial charge in [-0.3, -0.25) is 9.59 Å². The second-order valence-corrected chi connectivity index (χ2v) is 8.51. The number of aryl methyl sites for hydroxylation is 1. The molecule has 11 heteroatoms. The van der Waals surface area contributed by atoms with E-state index in [0.717, 1.165) is 11.3 Å². The summed E-state index contributed by atoms with van der Waals surface area (Å²) >= 11 is 2.44. The maximum atomic E-state index is 12.3. The van der Waals surface area contributed by atoms with E-state index in [1.54, 1.807) is 28.1 Å². The maximum Gasteiger partial charge on any atom is 0.265 e. The first-order valence-electron chi connectivity index (χ1n) is 8.95. The predicted molar refractivity (Wildman–Crippen MR) is 117 cm³/mol. The van der Waals surface area contributed by atoms with E-state index < -0.39 is 0 Å². The molecule has 1 N–H and O–H groups in total. The molecule has 2 amide bonds. The Kier molecular flexibility index (Phi) is 6.73. The summed E-state index contributed by atoms with van der Waals surface area (Å²) in [5, 5.41) is 12.2. The fourth-order valence-corrected chi connectivity index (χ4v) is 4.31. The van der Waals surface area contributed by atoms with Gasteiger partial charge in [0.15, 0.2) is 16.1 Å². The molecule has 9 nitrogen and oxygen atoms in total. The standard InChI is InChI=1S/C19H22N6O3S2/c1-11-15(17(27)24(2)3)30-18(20-11)21-14(26)10-29-19-23-22-16(25(19)4)12-7-6-8-13(9-12)28-5/h6-9H,10H2,1-5H3,(H,20,21,26). The number of hydrogen-bond donors (Lipinski definition) is 1. The van der Waals surface area contributed by atoms with E-state index in [1.165, 1.54) is 28.0 Å². The fraction of sp³-hybridized carbons (Fsp3) is 0.316. The zero-order chi connectivity index (χ0) is 21.8. The Labute approximate surface area is 182 Å². The number of amides is 2. The van der Waals surface area contributed by atoms with Gasteiger partial charge in [-0.25, -0.2) is 4.98 Å². The number of ether oxygens (including phenoxy) is 1. The highest BCUT2D eigenvalue weighted by atomic mass is 32.2. The summed E-state index contributed by atoms with van der Waals surface area (Å²) in [5.41, 5.74) is 1.47. The molecule has 0 bridgehead atoms. The Bertz CT molecular complexity index is 1080. The molecule has 0 saturated heterocycles. The van der Waals surface area contributed by atoms with Crippen molar-refractivity contribution in [2.75, 3.05) is 32.3 Å². The lowest BCUT2D eigenvalue weighted by atomic mass is 10.2. The number of rotatable bonds is 7. The molecule has 0 atom stereocenters. The Balaban J connectivity index is 1.64. The predicted octanol–water partition coefficient (Wildman–Crippen LogP) is 2.69. The second kappa shape index (κ2) is 9.26. The smallest absolute Gasteiger partial charge is 0.265 e. The summed E-state index contributed by atoms with van der Waals surface area (Å²) in [7, 11) is 6.81. The van der Waals surface area contributed by atoms with Crippen LogP contribution >= 0.6 is 23.1 Å². The molecule has 3 aromatic rings. The van der Waals surface area contributed by atoms with Gasteiger partial charge in [0.25, 0.3) is 5.91 Å². The summed E-state index contributed by atoms with van der Waals surface area (Å²) in [5.74, 6) is 1.18. The first-order chi connectivity index (χ1) is 14.3. The van der Waals surface area contributed by atoms with E-state index in [9.17, 15) is 9.59 Å². The van der Waals surface area contributed by atoms with Crippen LogP contribution in [0, 0.1) is 6.92 Å². The van der Waals surface area contributed by atoms with Crippen molar-refractivity contribution in [3.05, 3.63) is 34.8 Å². The van der Waals surface area contributed by atoms with E-state index in [0.29, 0.717) is 26.7 Å². The summed E-state index contributed by atoms with van der Waals surface area (Å²) in [6.45, 7) is 1.75. The number of benzene rings is 1. The summed E-state index contributed by atoms with van der Waals surface area (Å²) < 4.78 is 7.08. The van der Waals surface area contributed by atoms with Gasteiger partial charge in [0.05, 0.1) is 18.6 Å². The molecule has 0 aliphatic carbocycles. The van der Waals surface area contributed by atoms with Gasteiger partial charge in [-0.2, -0.15) is 0 Å². The fourth-order valence-electron chi connectivity index (χ4n) is 2.59. The molecule has 0 saturated carbocycles. The van der Waals surface area contributed by atoms with Gasteiger partial charge in [-0.05, 0) is 19.1 Å². The van der Waals surface area contributed by atoms with Crippen molar-refractivity contribution in [1.29, 1.82) is 0 Å². The molecule has 0 fully saturated rings. The third kappa shape index (κ3) is 4.79. The summed E-state index contributed by atoms with van der Waals surface area (Å²) in [4.78, 5) is 30.7. The summed E-state index contributed by atoms with van der Waals surface area (Å²) in [6.07, 6.45) is 0.